The number of aromatic nitrogens is 1. The van der Waals surface area contributed by atoms with Crippen molar-refractivity contribution in [3.05, 3.63) is 60.8 Å². The number of methoxy groups -OCH3 is 1. The fourth-order valence-electron chi connectivity index (χ4n) is 2.16. The van der Waals surface area contributed by atoms with Gasteiger partial charge in [-0.2, -0.15) is 0 Å². The predicted octanol–water partition coefficient (Wildman–Crippen LogP) is 3.08. The lowest BCUT2D eigenvalue weighted by atomic mass is 10.2. The van der Waals surface area contributed by atoms with Crippen molar-refractivity contribution in [1.82, 2.24) is 4.98 Å². The van der Waals surface area contributed by atoms with E-state index in [9.17, 15) is 8.42 Å². The smallest absolute Gasteiger partial charge is 0.208 e. The zero-order chi connectivity index (χ0) is 14.9. The van der Waals surface area contributed by atoms with Crippen LogP contribution in [-0.4, -0.2) is 20.5 Å². The Labute approximate surface area is 122 Å². The van der Waals surface area contributed by atoms with E-state index in [0.29, 0.717) is 11.3 Å². The van der Waals surface area contributed by atoms with E-state index in [-0.39, 0.29) is 9.79 Å². The Balaban J connectivity index is 2.18. The Morgan fingerprint density at radius 2 is 1.71 bits per heavy atom. The van der Waals surface area contributed by atoms with Crippen LogP contribution in [-0.2, 0) is 9.84 Å². The van der Waals surface area contributed by atoms with Gasteiger partial charge in [0, 0.05) is 11.6 Å². The van der Waals surface area contributed by atoms with Gasteiger partial charge in [0.05, 0.1) is 16.9 Å². The summed E-state index contributed by atoms with van der Waals surface area (Å²) < 4.78 is 30.3. The molecule has 0 radical (unpaired) electrons. The summed E-state index contributed by atoms with van der Waals surface area (Å²) >= 11 is 0. The molecule has 106 valence electrons. The van der Waals surface area contributed by atoms with Gasteiger partial charge in [-0.1, -0.05) is 30.3 Å². The third-order valence-corrected chi connectivity index (χ3v) is 4.97. The molecular weight excluding hydrogens is 286 g/mol. The fraction of sp³-hybridized carbons (Fsp3) is 0.0625. The topological polar surface area (TPSA) is 56.3 Å². The molecule has 0 aliphatic heterocycles. The highest BCUT2D eigenvalue weighted by Gasteiger charge is 2.18. The van der Waals surface area contributed by atoms with Gasteiger partial charge in [0.2, 0.25) is 9.84 Å². The van der Waals surface area contributed by atoms with Gasteiger partial charge in [-0.25, -0.2) is 8.42 Å². The van der Waals surface area contributed by atoms with Crippen molar-refractivity contribution in [3.8, 4) is 5.75 Å². The molecule has 4 nitrogen and oxygen atoms in total. The number of fused-ring (bicyclic) bond motifs is 1. The summed E-state index contributed by atoms with van der Waals surface area (Å²) in [4.78, 5) is 4.67. The van der Waals surface area contributed by atoms with Gasteiger partial charge in [-0.3, -0.25) is 4.98 Å². The number of ether oxygens (including phenoxy) is 1. The van der Waals surface area contributed by atoms with Crippen molar-refractivity contribution in [1.29, 1.82) is 0 Å². The molecule has 0 N–H and O–H groups in total. The van der Waals surface area contributed by atoms with Crippen LogP contribution < -0.4 is 4.74 Å². The Kier molecular flexibility index (Phi) is 3.35. The number of pyridine rings is 1. The first-order chi connectivity index (χ1) is 10.1. The molecule has 1 aromatic heterocycles. The van der Waals surface area contributed by atoms with Gasteiger partial charge >= 0.3 is 0 Å². The third kappa shape index (κ3) is 2.36. The van der Waals surface area contributed by atoms with Crippen molar-refractivity contribution >= 4 is 20.7 Å². The second kappa shape index (κ2) is 5.18. The molecule has 0 saturated carbocycles. The highest BCUT2D eigenvalue weighted by atomic mass is 32.2. The van der Waals surface area contributed by atoms with Crippen molar-refractivity contribution < 1.29 is 13.2 Å². The minimum absolute atomic E-state index is 0.175. The second-order valence-electron chi connectivity index (χ2n) is 4.52. The van der Waals surface area contributed by atoms with Gasteiger partial charge in [-0.15, -0.1) is 0 Å². The van der Waals surface area contributed by atoms with Crippen molar-refractivity contribution in [2.45, 2.75) is 9.79 Å². The number of hydrogen-bond donors (Lipinski definition) is 0. The molecule has 0 fully saturated rings. The highest BCUT2D eigenvalue weighted by molar-refractivity contribution is 7.91. The Morgan fingerprint density at radius 3 is 2.43 bits per heavy atom. The molecule has 0 unspecified atom stereocenters. The summed E-state index contributed by atoms with van der Waals surface area (Å²) in [6, 6.07) is 15.4. The monoisotopic (exact) mass is 299 g/mol. The fourth-order valence-corrected chi connectivity index (χ4v) is 3.42. The van der Waals surface area contributed by atoms with E-state index < -0.39 is 9.84 Å². The minimum atomic E-state index is -3.55. The van der Waals surface area contributed by atoms with E-state index in [1.54, 1.807) is 49.6 Å². The van der Waals surface area contributed by atoms with Crippen LogP contribution in [0.5, 0.6) is 5.75 Å². The number of hydrogen-bond acceptors (Lipinski definition) is 4. The molecule has 3 rings (SSSR count). The summed E-state index contributed by atoms with van der Waals surface area (Å²) in [5, 5.41) is 0.728. The molecule has 21 heavy (non-hydrogen) atoms. The van der Waals surface area contributed by atoms with Crippen LogP contribution in [0.3, 0.4) is 0 Å². The van der Waals surface area contributed by atoms with Gasteiger partial charge in [0.1, 0.15) is 11.3 Å². The highest BCUT2D eigenvalue weighted by Crippen LogP contribution is 2.27. The minimum Gasteiger partial charge on any atom is -0.494 e. The average Bonchev–Trinajstić information content (AvgIpc) is 2.54. The number of nitrogens with zero attached hydrogens (tertiary/aromatic N) is 1. The second-order valence-corrected chi connectivity index (χ2v) is 6.47. The zero-order valence-corrected chi connectivity index (χ0v) is 12.2. The first-order valence-corrected chi connectivity index (χ1v) is 7.84. The molecule has 3 aromatic rings. The maximum Gasteiger partial charge on any atom is 0.208 e. The first kappa shape index (κ1) is 13.6. The normalized spacial score (nSPS) is 11.5. The van der Waals surface area contributed by atoms with Crippen molar-refractivity contribution in [2.75, 3.05) is 7.11 Å². The van der Waals surface area contributed by atoms with Gasteiger partial charge < -0.3 is 4.74 Å². The van der Waals surface area contributed by atoms with E-state index >= 15 is 0 Å². The largest absolute Gasteiger partial charge is 0.494 e. The molecule has 5 heteroatoms. The average molecular weight is 299 g/mol. The summed E-state index contributed by atoms with van der Waals surface area (Å²) in [5.74, 6) is 0.621. The number of sulfone groups is 1. The standard InChI is InChI=1S/C16H13NO3S/c1-20-15-9-5-6-12-10-14(11-17-16(12)15)21(18,19)13-7-3-2-4-8-13/h2-11H,1H3. The third-order valence-electron chi connectivity index (χ3n) is 3.23. The van der Waals surface area contributed by atoms with Crippen LogP contribution in [0.4, 0.5) is 0 Å². The molecule has 0 spiro atoms. The van der Waals surface area contributed by atoms with Crippen LogP contribution in [0, 0.1) is 0 Å². The number of rotatable bonds is 3. The van der Waals surface area contributed by atoms with Crippen molar-refractivity contribution in [3.63, 3.8) is 0 Å². The van der Waals surface area contributed by atoms with Crippen LogP contribution in [0.1, 0.15) is 0 Å². The zero-order valence-electron chi connectivity index (χ0n) is 11.4. The molecule has 0 aliphatic carbocycles. The molecule has 0 amide bonds. The van der Waals surface area contributed by atoms with E-state index in [1.165, 1.54) is 6.20 Å². The first-order valence-electron chi connectivity index (χ1n) is 6.36. The van der Waals surface area contributed by atoms with Gasteiger partial charge in [-0.05, 0) is 24.3 Å². The molecule has 2 aromatic carbocycles. The molecule has 1 heterocycles. The van der Waals surface area contributed by atoms with Gasteiger partial charge in [0.15, 0.2) is 0 Å². The predicted molar refractivity (Wildman–Crippen MR) is 80.2 cm³/mol. The molecule has 0 aliphatic rings. The Morgan fingerprint density at radius 1 is 0.952 bits per heavy atom. The van der Waals surface area contributed by atoms with Crippen LogP contribution in [0.15, 0.2) is 70.6 Å². The van der Waals surface area contributed by atoms with E-state index in [0.717, 1.165) is 5.39 Å². The SMILES string of the molecule is COc1cccc2cc(S(=O)(=O)c3ccccc3)cnc12. The Bertz CT molecular complexity index is 890. The lowest BCUT2D eigenvalue weighted by Gasteiger charge is -2.07. The maximum absolute atomic E-state index is 12.6. The van der Waals surface area contributed by atoms with E-state index in [1.807, 2.05) is 12.1 Å². The molecular formula is C16H13NO3S. The number of benzene rings is 2. The number of para-hydroxylation sites is 1. The van der Waals surface area contributed by atoms with Crippen LogP contribution in [0.25, 0.3) is 10.9 Å². The summed E-state index contributed by atoms with van der Waals surface area (Å²) in [5.41, 5.74) is 0.645. The van der Waals surface area contributed by atoms with Crippen molar-refractivity contribution in [2.24, 2.45) is 0 Å². The lowest BCUT2D eigenvalue weighted by molar-refractivity contribution is 0.419. The lowest BCUT2D eigenvalue weighted by Crippen LogP contribution is -2.02. The van der Waals surface area contributed by atoms with Crippen LogP contribution in [0.2, 0.25) is 0 Å². The summed E-state index contributed by atoms with van der Waals surface area (Å²) in [6.45, 7) is 0. The van der Waals surface area contributed by atoms with E-state index in [4.69, 9.17) is 4.74 Å². The summed E-state index contributed by atoms with van der Waals surface area (Å²) in [6.07, 6.45) is 1.37. The molecule has 0 atom stereocenters. The quantitative estimate of drug-likeness (QED) is 0.746. The summed E-state index contributed by atoms with van der Waals surface area (Å²) in [7, 11) is -1.99. The molecule has 0 bridgehead atoms. The molecule has 0 saturated heterocycles. The van der Waals surface area contributed by atoms with Crippen LogP contribution >= 0.6 is 0 Å². The Hall–Kier alpha value is -2.40. The maximum atomic E-state index is 12.6. The van der Waals surface area contributed by atoms with Gasteiger partial charge in [0.25, 0.3) is 0 Å². The van der Waals surface area contributed by atoms with E-state index in [2.05, 4.69) is 4.98 Å².